The minimum atomic E-state index is -0.341. The molecule has 7 heteroatoms. The highest BCUT2D eigenvalue weighted by Gasteiger charge is 2.31. The van der Waals surface area contributed by atoms with Gasteiger partial charge in [-0.2, -0.15) is 5.10 Å². The van der Waals surface area contributed by atoms with E-state index in [1.807, 2.05) is 23.1 Å². The second kappa shape index (κ2) is 7.00. The molecule has 0 bridgehead atoms. The van der Waals surface area contributed by atoms with E-state index >= 15 is 0 Å². The Balaban J connectivity index is 1.71. The number of ether oxygens (including phenoxy) is 1. The largest absolute Gasteiger partial charge is 0.375 e. The number of hydrogen-bond donors (Lipinski definition) is 0. The van der Waals surface area contributed by atoms with E-state index in [0.717, 1.165) is 12.8 Å². The van der Waals surface area contributed by atoms with Gasteiger partial charge in [0, 0.05) is 20.1 Å². The van der Waals surface area contributed by atoms with Gasteiger partial charge in [0.25, 0.3) is 0 Å². The number of benzene rings is 1. The molecule has 2 aromatic rings. The lowest BCUT2D eigenvalue weighted by atomic mass is 10.1. The maximum atomic E-state index is 11.4. The summed E-state index contributed by atoms with van der Waals surface area (Å²) < 4.78 is 7.46. The molecule has 24 heavy (non-hydrogen) atoms. The summed E-state index contributed by atoms with van der Waals surface area (Å²) in [5.74, 6) is 0.575. The number of morpholine rings is 1. The summed E-state index contributed by atoms with van der Waals surface area (Å²) in [6.07, 6.45) is 1.89. The molecule has 0 aliphatic carbocycles. The van der Waals surface area contributed by atoms with Crippen molar-refractivity contribution < 1.29 is 9.66 Å². The maximum absolute atomic E-state index is 11.4. The Hall–Kier alpha value is -2.41. The van der Waals surface area contributed by atoms with Crippen molar-refractivity contribution in [2.24, 2.45) is 7.05 Å². The van der Waals surface area contributed by atoms with E-state index in [-0.39, 0.29) is 16.7 Å². The molecule has 1 aromatic heterocycles. The molecule has 0 saturated carbocycles. The van der Waals surface area contributed by atoms with Crippen LogP contribution >= 0.6 is 0 Å². The third kappa shape index (κ3) is 3.41. The van der Waals surface area contributed by atoms with Crippen LogP contribution in [0.5, 0.6) is 0 Å². The minimum Gasteiger partial charge on any atom is -0.375 e. The average Bonchev–Trinajstić information content (AvgIpc) is 2.88. The fourth-order valence-electron chi connectivity index (χ4n) is 3.26. The fraction of sp³-hybridized carbons (Fsp3) is 0.471. The lowest BCUT2D eigenvalue weighted by molar-refractivity contribution is -0.384. The first kappa shape index (κ1) is 16.4. The summed E-state index contributed by atoms with van der Waals surface area (Å²) in [4.78, 5) is 13.1. The quantitative estimate of drug-likeness (QED) is 0.622. The van der Waals surface area contributed by atoms with Gasteiger partial charge in [-0.1, -0.05) is 30.3 Å². The van der Waals surface area contributed by atoms with Gasteiger partial charge in [-0.3, -0.25) is 10.1 Å². The second-order valence-corrected chi connectivity index (χ2v) is 6.10. The van der Waals surface area contributed by atoms with Gasteiger partial charge in [-0.25, -0.2) is 4.68 Å². The number of anilines is 1. The van der Waals surface area contributed by atoms with Crippen LogP contribution in [-0.4, -0.2) is 40.5 Å². The van der Waals surface area contributed by atoms with Gasteiger partial charge in [-0.05, 0) is 25.3 Å². The molecule has 0 spiro atoms. The predicted molar refractivity (Wildman–Crippen MR) is 91.3 cm³/mol. The molecule has 2 heterocycles. The van der Waals surface area contributed by atoms with Gasteiger partial charge in [0.2, 0.25) is 5.82 Å². The van der Waals surface area contributed by atoms with Crippen LogP contribution in [0.15, 0.2) is 30.3 Å². The summed E-state index contributed by atoms with van der Waals surface area (Å²) in [5.41, 5.74) is 1.83. The van der Waals surface area contributed by atoms with E-state index in [1.54, 1.807) is 18.7 Å². The lowest BCUT2D eigenvalue weighted by Crippen LogP contribution is -2.43. The number of hydrogen-bond acceptors (Lipinski definition) is 5. The first-order valence-corrected chi connectivity index (χ1v) is 8.14. The van der Waals surface area contributed by atoms with Gasteiger partial charge in [0.05, 0.1) is 17.6 Å². The predicted octanol–water partition coefficient (Wildman–Crippen LogP) is 2.47. The maximum Gasteiger partial charge on any atom is 0.333 e. The third-order valence-electron chi connectivity index (χ3n) is 4.38. The molecular formula is C17H22N4O3. The number of rotatable bonds is 5. The van der Waals surface area contributed by atoms with Crippen LogP contribution in [-0.2, 0) is 18.2 Å². The highest BCUT2D eigenvalue weighted by molar-refractivity contribution is 5.61. The summed E-state index contributed by atoms with van der Waals surface area (Å²) in [6, 6.07) is 10.3. The Morgan fingerprint density at radius 3 is 2.83 bits per heavy atom. The molecule has 0 N–H and O–H groups in total. The Bertz CT molecular complexity index is 714. The van der Waals surface area contributed by atoms with Gasteiger partial charge in [0.15, 0.2) is 0 Å². The number of aromatic nitrogens is 2. The molecule has 1 aromatic carbocycles. The normalized spacial score (nSPS) is 17.9. The SMILES string of the molecule is Cc1nn(C)c(N2CCOC(CCc3ccccc3)C2)c1[N+](=O)[O-]. The average molecular weight is 330 g/mol. The van der Waals surface area contributed by atoms with Crippen LogP contribution in [0.25, 0.3) is 0 Å². The molecule has 3 rings (SSSR count). The second-order valence-electron chi connectivity index (χ2n) is 6.10. The molecule has 1 saturated heterocycles. The zero-order valence-electron chi connectivity index (χ0n) is 14.0. The highest BCUT2D eigenvalue weighted by Crippen LogP contribution is 2.32. The summed E-state index contributed by atoms with van der Waals surface area (Å²) in [6.45, 7) is 3.53. The smallest absolute Gasteiger partial charge is 0.333 e. The van der Waals surface area contributed by atoms with Crippen molar-refractivity contribution in [3.63, 3.8) is 0 Å². The van der Waals surface area contributed by atoms with Crippen molar-refractivity contribution >= 4 is 11.5 Å². The summed E-state index contributed by atoms with van der Waals surface area (Å²) >= 11 is 0. The van der Waals surface area contributed by atoms with E-state index in [4.69, 9.17) is 4.74 Å². The molecule has 128 valence electrons. The van der Waals surface area contributed by atoms with Crippen molar-refractivity contribution in [2.45, 2.75) is 25.9 Å². The van der Waals surface area contributed by atoms with Crippen LogP contribution in [0.2, 0.25) is 0 Å². The topological polar surface area (TPSA) is 73.4 Å². The third-order valence-corrected chi connectivity index (χ3v) is 4.38. The minimum absolute atomic E-state index is 0.0637. The van der Waals surface area contributed by atoms with Crippen molar-refractivity contribution in [3.05, 3.63) is 51.7 Å². The standard InChI is InChI=1S/C17H22N4O3/c1-13-16(21(22)23)17(19(2)18-13)20-10-11-24-15(12-20)9-8-14-6-4-3-5-7-14/h3-7,15H,8-12H2,1-2H3. The molecule has 7 nitrogen and oxygen atoms in total. The van der Waals surface area contributed by atoms with E-state index in [2.05, 4.69) is 17.2 Å². The van der Waals surface area contributed by atoms with Gasteiger partial charge in [-0.15, -0.1) is 0 Å². The zero-order chi connectivity index (χ0) is 17.1. The van der Waals surface area contributed by atoms with Gasteiger partial charge < -0.3 is 9.64 Å². The van der Waals surface area contributed by atoms with Crippen LogP contribution < -0.4 is 4.90 Å². The summed E-state index contributed by atoms with van der Waals surface area (Å²) in [5, 5.41) is 15.6. The number of aryl methyl sites for hydroxylation is 3. The fourth-order valence-corrected chi connectivity index (χ4v) is 3.26. The van der Waals surface area contributed by atoms with Crippen molar-refractivity contribution in [2.75, 3.05) is 24.6 Å². The Labute approximate surface area is 141 Å². The Morgan fingerprint density at radius 1 is 1.38 bits per heavy atom. The lowest BCUT2D eigenvalue weighted by Gasteiger charge is -2.33. The summed E-state index contributed by atoms with van der Waals surface area (Å²) in [7, 11) is 1.75. The molecule has 0 radical (unpaired) electrons. The van der Waals surface area contributed by atoms with Crippen LogP contribution in [0.4, 0.5) is 11.5 Å². The van der Waals surface area contributed by atoms with E-state index in [1.165, 1.54) is 5.56 Å². The number of nitro groups is 1. The number of nitrogens with zero attached hydrogens (tertiary/aromatic N) is 4. The molecule has 1 fully saturated rings. The van der Waals surface area contributed by atoms with Crippen molar-refractivity contribution in [1.29, 1.82) is 0 Å². The molecule has 1 unspecified atom stereocenters. The molecular weight excluding hydrogens is 308 g/mol. The van der Waals surface area contributed by atoms with E-state index in [0.29, 0.717) is 31.2 Å². The molecule has 1 atom stereocenters. The Kier molecular flexibility index (Phi) is 4.80. The first-order chi connectivity index (χ1) is 11.6. The molecule has 1 aliphatic heterocycles. The molecule has 0 amide bonds. The van der Waals surface area contributed by atoms with Crippen molar-refractivity contribution in [3.8, 4) is 0 Å². The highest BCUT2D eigenvalue weighted by atomic mass is 16.6. The monoisotopic (exact) mass is 330 g/mol. The Morgan fingerprint density at radius 2 is 2.12 bits per heavy atom. The van der Waals surface area contributed by atoms with E-state index in [9.17, 15) is 10.1 Å². The van der Waals surface area contributed by atoms with E-state index < -0.39 is 0 Å². The van der Waals surface area contributed by atoms with Crippen LogP contribution in [0, 0.1) is 17.0 Å². The van der Waals surface area contributed by atoms with Crippen LogP contribution in [0.3, 0.4) is 0 Å². The van der Waals surface area contributed by atoms with Gasteiger partial charge in [0.1, 0.15) is 5.69 Å². The van der Waals surface area contributed by atoms with Crippen molar-refractivity contribution in [1.82, 2.24) is 9.78 Å². The first-order valence-electron chi connectivity index (χ1n) is 8.14. The van der Waals surface area contributed by atoms with Gasteiger partial charge >= 0.3 is 5.69 Å². The van der Waals surface area contributed by atoms with Crippen LogP contribution in [0.1, 0.15) is 17.7 Å². The molecule has 1 aliphatic rings. The zero-order valence-corrected chi connectivity index (χ0v) is 14.0.